The Morgan fingerprint density at radius 1 is 1.21 bits per heavy atom. The molecule has 1 nitrogen and oxygen atoms in total. The van der Waals surface area contributed by atoms with E-state index in [-0.39, 0.29) is 23.7 Å². The molecule has 2 rings (SSSR count). The summed E-state index contributed by atoms with van der Waals surface area (Å²) in [5.41, 5.74) is 0.177. The van der Waals surface area contributed by atoms with E-state index >= 15 is 0 Å². The van der Waals surface area contributed by atoms with E-state index in [9.17, 15) is 13.6 Å². The molecule has 0 heterocycles. The van der Waals surface area contributed by atoms with Crippen molar-refractivity contribution in [3.05, 3.63) is 35.4 Å². The van der Waals surface area contributed by atoms with Crippen LogP contribution in [0, 0.1) is 29.4 Å². The maximum Gasteiger partial charge on any atom is 0.162 e. The van der Waals surface area contributed by atoms with E-state index in [1.165, 1.54) is 12.1 Å². The van der Waals surface area contributed by atoms with Crippen molar-refractivity contribution in [1.29, 1.82) is 0 Å². The molecule has 0 amide bonds. The van der Waals surface area contributed by atoms with Crippen LogP contribution in [0.1, 0.15) is 38.7 Å². The van der Waals surface area contributed by atoms with Crippen LogP contribution in [-0.2, 0) is 11.2 Å². The molecule has 1 aliphatic carbocycles. The first-order valence-corrected chi connectivity index (χ1v) is 6.94. The van der Waals surface area contributed by atoms with E-state index in [2.05, 4.69) is 13.8 Å². The Balaban J connectivity index is 2.03. The van der Waals surface area contributed by atoms with E-state index in [1.54, 1.807) is 0 Å². The van der Waals surface area contributed by atoms with Gasteiger partial charge in [-0.15, -0.1) is 0 Å². The third-order valence-corrected chi connectivity index (χ3v) is 4.45. The molecule has 1 aliphatic rings. The highest BCUT2D eigenvalue weighted by Gasteiger charge is 2.29. The third kappa shape index (κ3) is 3.20. The molecule has 19 heavy (non-hydrogen) atoms. The standard InChI is InChI=1S/C16H20F2O/c1-10-6-7-12(8-11(10)2)15(19)9-13-4-3-5-14(17)16(13)18/h3-5,10-12H,6-9H2,1-2H3. The minimum atomic E-state index is -0.881. The Morgan fingerprint density at radius 3 is 2.63 bits per heavy atom. The van der Waals surface area contributed by atoms with Crippen LogP contribution in [0.5, 0.6) is 0 Å². The molecule has 3 atom stereocenters. The monoisotopic (exact) mass is 266 g/mol. The Kier molecular flexibility index (Phi) is 4.33. The van der Waals surface area contributed by atoms with Gasteiger partial charge in [-0.3, -0.25) is 4.79 Å². The van der Waals surface area contributed by atoms with Gasteiger partial charge in [-0.05, 0) is 42.7 Å². The average Bonchev–Trinajstić information content (AvgIpc) is 2.38. The normalized spacial score (nSPS) is 27.3. The smallest absolute Gasteiger partial charge is 0.162 e. The topological polar surface area (TPSA) is 17.1 Å². The molecule has 104 valence electrons. The fourth-order valence-corrected chi connectivity index (χ4v) is 2.86. The molecule has 0 aliphatic heterocycles. The van der Waals surface area contributed by atoms with E-state index in [1.807, 2.05) is 0 Å². The van der Waals surface area contributed by atoms with E-state index < -0.39 is 11.6 Å². The van der Waals surface area contributed by atoms with Crippen molar-refractivity contribution in [1.82, 2.24) is 0 Å². The minimum Gasteiger partial charge on any atom is -0.299 e. The molecule has 1 aromatic rings. The molecular formula is C16H20F2O. The van der Waals surface area contributed by atoms with Gasteiger partial charge in [0.25, 0.3) is 0 Å². The molecule has 1 aromatic carbocycles. The summed E-state index contributed by atoms with van der Waals surface area (Å²) in [6.07, 6.45) is 2.80. The zero-order chi connectivity index (χ0) is 14.0. The summed E-state index contributed by atoms with van der Waals surface area (Å²) >= 11 is 0. The quantitative estimate of drug-likeness (QED) is 0.803. The first kappa shape index (κ1) is 14.2. The number of hydrogen-bond acceptors (Lipinski definition) is 1. The zero-order valence-corrected chi connectivity index (χ0v) is 11.5. The molecule has 1 saturated carbocycles. The second-order valence-corrected chi connectivity index (χ2v) is 5.82. The molecule has 0 radical (unpaired) electrons. The van der Waals surface area contributed by atoms with Crippen molar-refractivity contribution in [3.63, 3.8) is 0 Å². The number of benzene rings is 1. The minimum absolute atomic E-state index is 0.00821. The molecule has 0 aromatic heterocycles. The summed E-state index contributed by atoms with van der Waals surface area (Å²) in [6.45, 7) is 4.37. The molecule has 1 fully saturated rings. The van der Waals surface area contributed by atoms with Gasteiger partial charge in [0.15, 0.2) is 11.6 Å². The van der Waals surface area contributed by atoms with Crippen LogP contribution in [0.2, 0.25) is 0 Å². The lowest BCUT2D eigenvalue weighted by molar-refractivity contribution is -0.124. The number of carbonyl (C=O) groups is 1. The van der Waals surface area contributed by atoms with Crippen molar-refractivity contribution < 1.29 is 13.6 Å². The predicted molar refractivity (Wildman–Crippen MR) is 70.7 cm³/mol. The summed E-state index contributed by atoms with van der Waals surface area (Å²) in [7, 11) is 0. The lowest BCUT2D eigenvalue weighted by Crippen LogP contribution is -2.27. The largest absolute Gasteiger partial charge is 0.299 e. The van der Waals surface area contributed by atoms with Crippen molar-refractivity contribution in [2.75, 3.05) is 0 Å². The van der Waals surface area contributed by atoms with E-state index in [4.69, 9.17) is 0 Å². The van der Waals surface area contributed by atoms with Crippen molar-refractivity contribution in [2.24, 2.45) is 17.8 Å². The fourth-order valence-electron chi connectivity index (χ4n) is 2.86. The van der Waals surface area contributed by atoms with Crippen LogP contribution in [0.3, 0.4) is 0 Å². The van der Waals surface area contributed by atoms with Gasteiger partial charge in [0.2, 0.25) is 0 Å². The van der Waals surface area contributed by atoms with Gasteiger partial charge >= 0.3 is 0 Å². The summed E-state index contributed by atoms with van der Waals surface area (Å²) in [4.78, 5) is 12.2. The van der Waals surface area contributed by atoms with Gasteiger partial charge in [-0.2, -0.15) is 0 Å². The van der Waals surface area contributed by atoms with Crippen LogP contribution in [0.25, 0.3) is 0 Å². The van der Waals surface area contributed by atoms with Crippen LogP contribution in [0.4, 0.5) is 8.78 Å². The summed E-state index contributed by atoms with van der Waals surface area (Å²) in [5, 5.41) is 0. The molecule has 0 spiro atoms. The lowest BCUT2D eigenvalue weighted by Gasteiger charge is -2.31. The number of halogens is 2. The first-order chi connectivity index (χ1) is 8.99. The van der Waals surface area contributed by atoms with Gasteiger partial charge in [0.1, 0.15) is 5.78 Å². The third-order valence-electron chi connectivity index (χ3n) is 4.45. The summed E-state index contributed by atoms with van der Waals surface area (Å²) in [5.74, 6) is -0.531. The van der Waals surface area contributed by atoms with Crippen molar-refractivity contribution in [3.8, 4) is 0 Å². The van der Waals surface area contributed by atoms with Gasteiger partial charge in [0, 0.05) is 12.3 Å². The predicted octanol–water partition coefficient (Wildman–Crippen LogP) is 4.15. The molecule has 3 heteroatoms. The van der Waals surface area contributed by atoms with Crippen LogP contribution >= 0.6 is 0 Å². The Labute approximate surface area is 113 Å². The molecule has 0 N–H and O–H groups in total. The highest BCUT2D eigenvalue weighted by molar-refractivity contribution is 5.83. The second-order valence-electron chi connectivity index (χ2n) is 5.82. The molecular weight excluding hydrogens is 246 g/mol. The molecule has 3 unspecified atom stereocenters. The van der Waals surface area contributed by atoms with Gasteiger partial charge in [0.05, 0.1) is 0 Å². The Hall–Kier alpha value is -1.25. The first-order valence-electron chi connectivity index (χ1n) is 6.94. The maximum atomic E-state index is 13.5. The summed E-state index contributed by atoms with van der Waals surface area (Å²) < 4.78 is 26.6. The SMILES string of the molecule is CC1CCC(C(=O)Cc2cccc(F)c2F)CC1C. The van der Waals surface area contributed by atoms with Crippen molar-refractivity contribution >= 4 is 5.78 Å². The highest BCUT2D eigenvalue weighted by Crippen LogP contribution is 2.34. The maximum absolute atomic E-state index is 13.5. The van der Waals surface area contributed by atoms with Crippen LogP contribution < -0.4 is 0 Å². The molecule has 0 bridgehead atoms. The number of rotatable bonds is 3. The van der Waals surface area contributed by atoms with Gasteiger partial charge in [-0.1, -0.05) is 26.0 Å². The number of Topliss-reactive ketones (excluding diaryl/α,β-unsaturated/α-hetero) is 1. The number of ketones is 1. The van der Waals surface area contributed by atoms with E-state index in [0.29, 0.717) is 11.8 Å². The second kappa shape index (κ2) is 5.81. The molecule has 0 saturated heterocycles. The Bertz CT molecular complexity index is 470. The number of carbonyl (C=O) groups excluding carboxylic acids is 1. The van der Waals surface area contributed by atoms with Crippen LogP contribution in [0.15, 0.2) is 18.2 Å². The fraction of sp³-hybridized carbons (Fsp3) is 0.562. The lowest BCUT2D eigenvalue weighted by atomic mass is 9.73. The average molecular weight is 266 g/mol. The van der Waals surface area contributed by atoms with E-state index in [0.717, 1.165) is 25.3 Å². The summed E-state index contributed by atoms with van der Waals surface area (Å²) in [6, 6.07) is 4.02. The zero-order valence-electron chi connectivity index (χ0n) is 11.5. The Morgan fingerprint density at radius 2 is 1.95 bits per heavy atom. The van der Waals surface area contributed by atoms with Crippen LogP contribution in [-0.4, -0.2) is 5.78 Å². The number of hydrogen-bond donors (Lipinski definition) is 0. The van der Waals surface area contributed by atoms with Gasteiger partial charge < -0.3 is 0 Å². The van der Waals surface area contributed by atoms with Crippen molar-refractivity contribution in [2.45, 2.75) is 39.5 Å². The van der Waals surface area contributed by atoms with Gasteiger partial charge in [-0.25, -0.2) is 8.78 Å². The highest BCUT2D eigenvalue weighted by atomic mass is 19.2.